The number of sulfonamides is 1. The number of carbonyl (C=O) groups is 1. The van der Waals surface area contributed by atoms with Gasteiger partial charge in [-0.2, -0.15) is 0 Å². The molecule has 31 heavy (non-hydrogen) atoms. The first-order valence-electron chi connectivity index (χ1n) is 10.1. The number of hydrogen-bond donors (Lipinski definition) is 2. The van der Waals surface area contributed by atoms with Crippen LogP contribution in [0.2, 0.25) is 0 Å². The van der Waals surface area contributed by atoms with Crippen molar-refractivity contribution in [1.82, 2.24) is 10.0 Å². The summed E-state index contributed by atoms with van der Waals surface area (Å²) in [6, 6.07) is 10.2. The van der Waals surface area contributed by atoms with E-state index < -0.39 is 10.0 Å². The zero-order chi connectivity index (χ0) is 22.6. The molecule has 0 radical (unpaired) electrons. The van der Waals surface area contributed by atoms with E-state index in [2.05, 4.69) is 36.9 Å². The molecule has 2 aromatic carbocycles. The molecule has 0 atom stereocenters. The second-order valence-corrected chi connectivity index (χ2v) is 9.49. The minimum Gasteiger partial charge on any atom is -0.497 e. The zero-order valence-electron chi connectivity index (χ0n) is 18.2. The molecule has 0 saturated carbocycles. The molecule has 1 heterocycles. The van der Waals surface area contributed by atoms with Gasteiger partial charge in [-0.15, -0.1) is 0 Å². The first-order valence-corrected chi connectivity index (χ1v) is 11.6. The summed E-state index contributed by atoms with van der Waals surface area (Å²) in [5, 5.41) is 3.68. The zero-order valence-corrected chi connectivity index (χ0v) is 19.0. The van der Waals surface area contributed by atoms with E-state index in [1.54, 1.807) is 18.4 Å². The molecular weight excluding hydrogens is 416 g/mol. The van der Waals surface area contributed by atoms with E-state index in [9.17, 15) is 13.2 Å². The minimum atomic E-state index is -3.65. The SMILES string of the molecule is COc1ccc(S(=O)(=O)NCCNC(=O)Cc2coc3cc(C)c(C(C)C)cc23)cc1. The number of carbonyl (C=O) groups excluding carboxylic acids is 1. The highest BCUT2D eigenvalue weighted by Gasteiger charge is 2.15. The van der Waals surface area contributed by atoms with E-state index in [0.717, 1.165) is 22.1 Å². The molecule has 3 rings (SSSR count). The molecule has 0 bridgehead atoms. The van der Waals surface area contributed by atoms with Crippen molar-refractivity contribution in [3.63, 3.8) is 0 Å². The molecule has 0 aliphatic rings. The van der Waals surface area contributed by atoms with Crippen molar-refractivity contribution in [1.29, 1.82) is 0 Å². The third-order valence-electron chi connectivity index (χ3n) is 5.12. The van der Waals surface area contributed by atoms with Gasteiger partial charge in [0, 0.05) is 24.0 Å². The Morgan fingerprint density at radius 1 is 1.13 bits per heavy atom. The number of nitrogens with one attached hydrogen (secondary N) is 2. The number of hydrogen-bond acceptors (Lipinski definition) is 5. The van der Waals surface area contributed by atoms with Gasteiger partial charge in [-0.25, -0.2) is 13.1 Å². The van der Waals surface area contributed by atoms with Crippen molar-refractivity contribution in [2.24, 2.45) is 0 Å². The third kappa shape index (κ3) is 5.45. The average molecular weight is 445 g/mol. The molecule has 3 aromatic rings. The number of aryl methyl sites for hydroxylation is 1. The first-order chi connectivity index (χ1) is 14.7. The van der Waals surface area contributed by atoms with Crippen LogP contribution in [0.25, 0.3) is 11.0 Å². The van der Waals surface area contributed by atoms with Gasteiger partial charge < -0.3 is 14.5 Å². The second-order valence-electron chi connectivity index (χ2n) is 7.72. The molecule has 0 fully saturated rings. The fraction of sp³-hybridized carbons (Fsp3) is 0.348. The fourth-order valence-corrected chi connectivity index (χ4v) is 4.50. The smallest absolute Gasteiger partial charge is 0.240 e. The van der Waals surface area contributed by atoms with Crippen LogP contribution in [0.15, 0.2) is 52.0 Å². The third-order valence-corrected chi connectivity index (χ3v) is 6.60. The van der Waals surface area contributed by atoms with Crippen molar-refractivity contribution in [3.05, 3.63) is 59.4 Å². The minimum absolute atomic E-state index is 0.0862. The topological polar surface area (TPSA) is 97.6 Å². The summed E-state index contributed by atoms with van der Waals surface area (Å²) in [4.78, 5) is 12.5. The predicted octanol–water partition coefficient (Wildman–Crippen LogP) is 3.51. The van der Waals surface area contributed by atoms with Crippen LogP contribution in [0.5, 0.6) is 5.75 Å². The van der Waals surface area contributed by atoms with Crippen LogP contribution in [-0.2, 0) is 21.2 Å². The van der Waals surface area contributed by atoms with Gasteiger partial charge in [-0.3, -0.25) is 4.79 Å². The van der Waals surface area contributed by atoms with Crippen LogP contribution in [0.4, 0.5) is 0 Å². The van der Waals surface area contributed by atoms with E-state index in [0.29, 0.717) is 11.7 Å². The first kappa shape index (κ1) is 22.8. The highest BCUT2D eigenvalue weighted by molar-refractivity contribution is 7.89. The van der Waals surface area contributed by atoms with Crippen molar-refractivity contribution < 1.29 is 22.4 Å². The largest absolute Gasteiger partial charge is 0.497 e. The van der Waals surface area contributed by atoms with Crippen molar-refractivity contribution in [3.8, 4) is 5.75 Å². The molecule has 0 saturated heterocycles. The van der Waals surface area contributed by atoms with Crippen LogP contribution in [-0.4, -0.2) is 34.5 Å². The monoisotopic (exact) mass is 444 g/mol. The van der Waals surface area contributed by atoms with Crippen LogP contribution in [0.1, 0.15) is 36.5 Å². The van der Waals surface area contributed by atoms with Gasteiger partial charge in [0.2, 0.25) is 15.9 Å². The Morgan fingerprint density at radius 2 is 1.84 bits per heavy atom. The van der Waals surface area contributed by atoms with E-state index in [1.807, 2.05) is 6.07 Å². The molecule has 0 aliphatic carbocycles. The molecule has 166 valence electrons. The van der Waals surface area contributed by atoms with E-state index in [-0.39, 0.29) is 30.3 Å². The maximum absolute atomic E-state index is 12.4. The van der Waals surface area contributed by atoms with Gasteiger partial charge in [-0.1, -0.05) is 13.8 Å². The van der Waals surface area contributed by atoms with Crippen LogP contribution >= 0.6 is 0 Å². The second kappa shape index (κ2) is 9.53. The normalized spacial score (nSPS) is 11.8. The number of amides is 1. The highest BCUT2D eigenvalue weighted by atomic mass is 32.2. The summed E-state index contributed by atoms with van der Waals surface area (Å²) < 4.78 is 37.8. The lowest BCUT2D eigenvalue weighted by Crippen LogP contribution is -2.35. The summed E-state index contributed by atoms with van der Waals surface area (Å²) in [6.07, 6.45) is 1.78. The maximum atomic E-state index is 12.4. The van der Waals surface area contributed by atoms with Crippen molar-refractivity contribution in [2.75, 3.05) is 20.2 Å². The summed E-state index contributed by atoms with van der Waals surface area (Å²) in [6.45, 7) is 6.58. The molecule has 1 aromatic heterocycles. The molecule has 0 aliphatic heterocycles. The Kier molecular flexibility index (Phi) is 7.02. The lowest BCUT2D eigenvalue weighted by atomic mass is 9.95. The lowest BCUT2D eigenvalue weighted by molar-refractivity contribution is -0.120. The van der Waals surface area contributed by atoms with E-state index in [1.165, 1.54) is 24.8 Å². The van der Waals surface area contributed by atoms with Gasteiger partial charge in [0.25, 0.3) is 0 Å². The fourth-order valence-electron chi connectivity index (χ4n) is 3.46. The molecule has 2 N–H and O–H groups in total. The molecule has 0 spiro atoms. The summed E-state index contributed by atoms with van der Waals surface area (Å²) >= 11 is 0. The van der Waals surface area contributed by atoms with Crippen LogP contribution < -0.4 is 14.8 Å². The molecule has 7 nitrogen and oxygen atoms in total. The molecule has 8 heteroatoms. The molecule has 1 amide bonds. The van der Waals surface area contributed by atoms with Gasteiger partial charge >= 0.3 is 0 Å². The average Bonchev–Trinajstić information content (AvgIpc) is 3.11. The van der Waals surface area contributed by atoms with Gasteiger partial charge in [-0.05, 0) is 60.4 Å². The summed E-state index contributed by atoms with van der Waals surface area (Å²) in [5.74, 6) is 0.756. The quantitative estimate of drug-likeness (QED) is 0.492. The van der Waals surface area contributed by atoms with Gasteiger partial charge in [0.15, 0.2) is 0 Å². The van der Waals surface area contributed by atoms with Crippen molar-refractivity contribution in [2.45, 2.75) is 38.0 Å². The standard InChI is InChI=1S/C23H28N2O5S/c1-15(2)20-13-21-17(14-30-22(21)11-16(20)3)12-23(26)24-9-10-25-31(27,28)19-7-5-18(29-4)6-8-19/h5-8,11,13-15,25H,9-10,12H2,1-4H3,(H,24,26). The van der Waals surface area contributed by atoms with E-state index >= 15 is 0 Å². The molecule has 0 unspecified atom stereocenters. The number of rotatable bonds is 9. The summed E-state index contributed by atoms with van der Waals surface area (Å²) in [5.41, 5.74) is 3.96. The predicted molar refractivity (Wildman–Crippen MR) is 120 cm³/mol. The number of benzene rings is 2. The number of furan rings is 1. The Hall–Kier alpha value is -2.84. The Morgan fingerprint density at radius 3 is 2.48 bits per heavy atom. The van der Waals surface area contributed by atoms with Crippen LogP contribution in [0.3, 0.4) is 0 Å². The van der Waals surface area contributed by atoms with Crippen molar-refractivity contribution >= 4 is 26.9 Å². The van der Waals surface area contributed by atoms with Crippen LogP contribution in [0, 0.1) is 6.92 Å². The number of ether oxygens (including phenoxy) is 1. The lowest BCUT2D eigenvalue weighted by Gasteiger charge is -2.10. The Balaban J connectivity index is 1.55. The highest BCUT2D eigenvalue weighted by Crippen LogP contribution is 2.29. The van der Waals surface area contributed by atoms with Gasteiger partial charge in [0.05, 0.1) is 24.7 Å². The number of fused-ring (bicyclic) bond motifs is 1. The molecular formula is C23H28N2O5S. The Bertz CT molecular complexity index is 1160. The van der Waals surface area contributed by atoms with E-state index in [4.69, 9.17) is 9.15 Å². The number of methoxy groups -OCH3 is 1. The van der Waals surface area contributed by atoms with Gasteiger partial charge in [0.1, 0.15) is 11.3 Å². The maximum Gasteiger partial charge on any atom is 0.240 e. The Labute approximate surface area is 182 Å². The summed E-state index contributed by atoms with van der Waals surface area (Å²) in [7, 11) is -2.14.